The van der Waals surface area contributed by atoms with E-state index in [-0.39, 0.29) is 5.91 Å². The number of ether oxygens (including phenoxy) is 1. The fourth-order valence-electron chi connectivity index (χ4n) is 1.90. The first-order valence-electron chi connectivity index (χ1n) is 5.71. The average molecular weight is 214 g/mol. The zero-order valence-corrected chi connectivity index (χ0v) is 9.71. The van der Waals surface area contributed by atoms with Crippen molar-refractivity contribution >= 4 is 5.91 Å². The van der Waals surface area contributed by atoms with Crippen molar-refractivity contribution in [2.24, 2.45) is 5.92 Å². The van der Waals surface area contributed by atoms with E-state index in [1.54, 1.807) is 7.11 Å². The van der Waals surface area contributed by atoms with Gasteiger partial charge in [0.1, 0.15) is 0 Å². The minimum atomic E-state index is 0.133. The SMILES string of the molecule is COCC(C)CC(=O)NCC1CCCN1. The molecule has 1 heterocycles. The van der Waals surface area contributed by atoms with Crippen LogP contribution in [-0.4, -0.2) is 38.8 Å². The molecule has 0 aromatic carbocycles. The predicted octanol–water partition coefficient (Wildman–Crippen LogP) is 0.527. The maximum absolute atomic E-state index is 11.5. The van der Waals surface area contributed by atoms with Gasteiger partial charge in [0.15, 0.2) is 0 Å². The fourth-order valence-corrected chi connectivity index (χ4v) is 1.90. The van der Waals surface area contributed by atoms with E-state index in [0.717, 1.165) is 13.1 Å². The molecule has 88 valence electrons. The van der Waals surface area contributed by atoms with Crippen LogP contribution in [0.2, 0.25) is 0 Å². The van der Waals surface area contributed by atoms with Gasteiger partial charge in [-0.3, -0.25) is 4.79 Å². The van der Waals surface area contributed by atoms with Crippen molar-refractivity contribution in [3.63, 3.8) is 0 Å². The predicted molar refractivity (Wildman–Crippen MR) is 59.7 cm³/mol. The Morgan fingerprint density at radius 2 is 2.47 bits per heavy atom. The molecule has 2 N–H and O–H groups in total. The third kappa shape index (κ3) is 5.14. The van der Waals surface area contributed by atoms with Gasteiger partial charge < -0.3 is 15.4 Å². The van der Waals surface area contributed by atoms with Gasteiger partial charge in [0.05, 0.1) is 0 Å². The molecule has 1 amide bonds. The molecule has 0 bridgehead atoms. The second-order valence-corrected chi connectivity index (χ2v) is 4.36. The van der Waals surface area contributed by atoms with Crippen LogP contribution in [0.25, 0.3) is 0 Å². The maximum Gasteiger partial charge on any atom is 0.220 e. The zero-order valence-electron chi connectivity index (χ0n) is 9.71. The van der Waals surface area contributed by atoms with E-state index in [4.69, 9.17) is 4.74 Å². The molecule has 0 aromatic rings. The molecule has 2 atom stereocenters. The number of rotatable bonds is 6. The quantitative estimate of drug-likeness (QED) is 0.678. The Kier molecular flexibility index (Phi) is 5.65. The lowest BCUT2D eigenvalue weighted by Crippen LogP contribution is -2.37. The van der Waals surface area contributed by atoms with E-state index >= 15 is 0 Å². The highest BCUT2D eigenvalue weighted by atomic mass is 16.5. The number of carbonyl (C=O) groups excluding carboxylic acids is 1. The number of nitrogens with one attached hydrogen (secondary N) is 2. The van der Waals surface area contributed by atoms with Crippen molar-refractivity contribution in [3.8, 4) is 0 Å². The molecule has 0 radical (unpaired) electrons. The van der Waals surface area contributed by atoms with E-state index in [9.17, 15) is 4.79 Å². The van der Waals surface area contributed by atoms with E-state index in [2.05, 4.69) is 10.6 Å². The Labute approximate surface area is 91.8 Å². The molecule has 1 aliphatic heterocycles. The molecule has 0 aliphatic carbocycles. The highest BCUT2D eigenvalue weighted by Gasteiger charge is 2.15. The largest absolute Gasteiger partial charge is 0.384 e. The van der Waals surface area contributed by atoms with Crippen LogP contribution in [0, 0.1) is 5.92 Å². The van der Waals surface area contributed by atoms with Crippen molar-refractivity contribution in [1.29, 1.82) is 0 Å². The first-order chi connectivity index (χ1) is 7.22. The summed E-state index contributed by atoms with van der Waals surface area (Å²) in [5.74, 6) is 0.430. The highest BCUT2D eigenvalue weighted by molar-refractivity contribution is 5.76. The van der Waals surface area contributed by atoms with Gasteiger partial charge in [-0.25, -0.2) is 0 Å². The Bertz CT molecular complexity index is 191. The summed E-state index contributed by atoms with van der Waals surface area (Å²) < 4.78 is 4.99. The van der Waals surface area contributed by atoms with Gasteiger partial charge in [-0.1, -0.05) is 6.92 Å². The maximum atomic E-state index is 11.5. The number of carbonyl (C=O) groups is 1. The fraction of sp³-hybridized carbons (Fsp3) is 0.909. The third-order valence-electron chi connectivity index (χ3n) is 2.69. The van der Waals surface area contributed by atoms with Crippen molar-refractivity contribution in [3.05, 3.63) is 0 Å². The Morgan fingerprint density at radius 1 is 1.67 bits per heavy atom. The average Bonchev–Trinajstić information content (AvgIpc) is 2.67. The second kappa shape index (κ2) is 6.80. The second-order valence-electron chi connectivity index (χ2n) is 4.36. The van der Waals surface area contributed by atoms with Crippen LogP contribution in [-0.2, 0) is 9.53 Å². The Balaban J connectivity index is 2.07. The van der Waals surface area contributed by atoms with Crippen LogP contribution in [0.15, 0.2) is 0 Å². The van der Waals surface area contributed by atoms with Gasteiger partial charge >= 0.3 is 0 Å². The number of methoxy groups -OCH3 is 1. The molecule has 0 aromatic heterocycles. The zero-order chi connectivity index (χ0) is 11.1. The molecule has 15 heavy (non-hydrogen) atoms. The van der Waals surface area contributed by atoms with Gasteiger partial charge in [-0.2, -0.15) is 0 Å². The van der Waals surface area contributed by atoms with Gasteiger partial charge in [0, 0.05) is 32.7 Å². The molecular formula is C11H22N2O2. The third-order valence-corrected chi connectivity index (χ3v) is 2.69. The molecular weight excluding hydrogens is 192 g/mol. The number of hydrogen-bond donors (Lipinski definition) is 2. The van der Waals surface area contributed by atoms with E-state index in [1.807, 2.05) is 6.92 Å². The smallest absolute Gasteiger partial charge is 0.220 e. The first kappa shape index (κ1) is 12.5. The molecule has 0 spiro atoms. The van der Waals surface area contributed by atoms with Gasteiger partial charge in [0.2, 0.25) is 5.91 Å². The van der Waals surface area contributed by atoms with Gasteiger partial charge in [-0.15, -0.1) is 0 Å². The molecule has 2 unspecified atom stereocenters. The summed E-state index contributed by atoms with van der Waals surface area (Å²) in [7, 11) is 1.66. The topological polar surface area (TPSA) is 50.4 Å². The van der Waals surface area contributed by atoms with Crippen LogP contribution in [0.4, 0.5) is 0 Å². The lowest BCUT2D eigenvalue weighted by molar-refractivity contribution is -0.122. The number of hydrogen-bond acceptors (Lipinski definition) is 3. The summed E-state index contributed by atoms with van der Waals surface area (Å²) in [6.45, 7) is 4.52. The van der Waals surface area contributed by atoms with Crippen LogP contribution in [0.3, 0.4) is 0 Å². The molecule has 1 rings (SSSR count). The van der Waals surface area contributed by atoms with E-state index < -0.39 is 0 Å². The lowest BCUT2D eigenvalue weighted by Gasteiger charge is -2.13. The Morgan fingerprint density at radius 3 is 3.07 bits per heavy atom. The van der Waals surface area contributed by atoms with Crippen molar-refractivity contribution in [2.75, 3.05) is 26.8 Å². The van der Waals surface area contributed by atoms with Gasteiger partial charge in [0.25, 0.3) is 0 Å². The summed E-state index contributed by atoms with van der Waals surface area (Å²) in [5, 5.41) is 6.31. The summed E-state index contributed by atoms with van der Waals surface area (Å²) in [4.78, 5) is 11.5. The highest BCUT2D eigenvalue weighted by Crippen LogP contribution is 2.04. The summed E-state index contributed by atoms with van der Waals surface area (Å²) in [6, 6.07) is 0.478. The Hall–Kier alpha value is -0.610. The molecule has 4 heteroatoms. The summed E-state index contributed by atoms with van der Waals surface area (Å²) >= 11 is 0. The normalized spacial score (nSPS) is 22.7. The van der Waals surface area contributed by atoms with Crippen molar-refractivity contribution < 1.29 is 9.53 Å². The molecule has 1 aliphatic rings. The molecule has 0 saturated carbocycles. The minimum absolute atomic E-state index is 0.133. The molecule has 4 nitrogen and oxygen atoms in total. The first-order valence-corrected chi connectivity index (χ1v) is 5.71. The summed E-state index contributed by atoms with van der Waals surface area (Å²) in [6.07, 6.45) is 2.95. The minimum Gasteiger partial charge on any atom is -0.384 e. The van der Waals surface area contributed by atoms with Crippen LogP contribution >= 0.6 is 0 Å². The summed E-state index contributed by atoms with van der Waals surface area (Å²) in [5.41, 5.74) is 0. The van der Waals surface area contributed by atoms with Crippen LogP contribution in [0.5, 0.6) is 0 Å². The van der Waals surface area contributed by atoms with Crippen molar-refractivity contribution in [1.82, 2.24) is 10.6 Å². The van der Waals surface area contributed by atoms with E-state index in [0.29, 0.717) is 25.0 Å². The van der Waals surface area contributed by atoms with Crippen LogP contribution < -0.4 is 10.6 Å². The van der Waals surface area contributed by atoms with E-state index in [1.165, 1.54) is 12.8 Å². The lowest BCUT2D eigenvalue weighted by atomic mass is 10.1. The monoisotopic (exact) mass is 214 g/mol. The number of amides is 1. The van der Waals surface area contributed by atoms with Gasteiger partial charge in [-0.05, 0) is 25.3 Å². The van der Waals surface area contributed by atoms with Crippen LogP contribution in [0.1, 0.15) is 26.2 Å². The van der Waals surface area contributed by atoms with Crippen molar-refractivity contribution in [2.45, 2.75) is 32.2 Å². The molecule has 1 saturated heterocycles. The standard InChI is InChI=1S/C11H22N2O2/c1-9(8-15-2)6-11(14)13-7-10-4-3-5-12-10/h9-10,12H,3-8H2,1-2H3,(H,13,14). The molecule has 1 fully saturated rings.